The van der Waals surface area contributed by atoms with Gasteiger partial charge in [0.2, 0.25) is 5.91 Å². The summed E-state index contributed by atoms with van der Waals surface area (Å²) in [7, 11) is 0. The Labute approximate surface area is 175 Å². The molecule has 1 aromatic carbocycles. The van der Waals surface area contributed by atoms with Gasteiger partial charge in [-0.25, -0.2) is 4.39 Å². The molecule has 4 nitrogen and oxygen atoms in total. The van der Waals surface area contributed by atoms with Crippen LogP contribution in [-0.2, 0) is 16.1 Å². The van der Waals surface area contributed by atoms with Crippen molar-refractivity contribution in [2.24, 2.45) is 0 Å². The number of halogens is 4. The van der Waals surface area contributed by atoms with Crippen molar-refractivity contribution in [3.8, 4) is 0 Å². The van der Waals surface area contributed by atoms with Crippen molar-refractivity contribution in [1.82, 2.24) is 10.2 Å². The highest BCUT2D eigenvalue weighted by Gasteiger charge is 2.47. The maximum atomic E-state index is 13.4. The first-order valence-corrected chi connectivity index (χ1v) is 10.6. The van der Waals surface area contributed by atoms with Gasteiger partial charge in [0.1, 0.15) is 11.9 Å². The molecule has 1 atom stereocenters. The number of carbonyl (C=O) groups excluding carboxylic acids is 2. The van der Waals surface area contributed by atoms with Gasteiger partial charge in [0.25, 0.3) is 0 Å². The van der Waals surface area contributed by atoms with Crippen LogP contribution in [0.15, 0.2) is 41.8 Å². The average molecular weight is 442 g/mol. The number of carbonyl (C=O) groups is 2. The van der Waals surface area contributed by atoms with E-state index in [0.29, 0.717) is 9.78 Å². The summed E-state index contributed by atoms with van der Waals surface area (Å²) >= 11 is 1.19. The summed E-state index contributed by atoms with van der Waals surface area (Å²) in [5, 5.41) is 4.49. The van der Waals surface area contributed by atoms with Crippen LogP contribution in [0.1, 0.15) is 48.6 Å². The van der Waals surface area contributed by atoms with Crippen molar-refractivity contribution < 1.29 is 27.2 Å². The third kappa shape index (κ3) is 5.59. The van der Waals surface area contributed by atoms with Crippen molar-refractivity contribution in [3.05, 3.63) is 58.0 Å². The van der Waals surface area contributed by atoms with Gasteiger partial charge in [-0.1, -0.05) is 37.5 Å². The molecule has 0 spiro atoms. The number of nitrogens with zero attached hydrogens (tertiary/aromatic N) is 1. The molecule has 1 aromatic heterocycles. The van der Waals surface area contributed by atoms with E-state index in [1.54, 1.807) is 17.5 Å². The number of thiophene rings is 1. The molecule has 3 rings (SSSR count). The fourth-order valence-corrected chi connectivity index (χ4v) is 4.36. The molecule has 0 bridgehead atoms. The second-order valence-electron chi connectivity index (χ2n) is 7.31. The Hall–Kier alpha value is -2.42. The molecule has 1 fully saturated rings. The second kappa shape index (κ2) is 9.59. The maximum absolute atomic E-state index is 13.4. The fraction of sp³-hybridized carbons (Fsp3) is 0.429. The predicted molar refractivity (Wildman–Crippen MR) is 105 cm³/mol. The first kappa shape index (κ1) is 22.3. The molecule has 1 aliphatic carbocycles. The molecule has 1 saturated carbocycles. The number of amides is 2. The highest BCUT2D eigenvalue weighted by atomic mass is 32.1. The molecule has 1 aliphatic rings. The largest absolute Gasteiger partial charge is 0.471 e. The normalized spacial score (nSPS) is 16.1. The van der Waals surface area contributed by atoms with E-state index in [1.807, 2.05) is 0 Å². The van der Waals surface area contributed by atoms with Gasteiger partial charge in [0.15, 0.2) is 0 Å². The number of alkyl halides is 3. The Balaban J connectivity index is 1.97. The first-order chi connectivity index (χ1) is 14.3. The van der Waals surface area contributed by atoms with Crippen molar-refractivity contribution in [2.45, 2.75) is 56.9 Å². The summed E-state index contributed by atoms with van der Waals surface area (Å²) in [6.07, 6.45) is -0.787. The van der Waals surface area contributed by atoms with E-state index in [2.05, 4.69) is 5.32 Å². The number of nitrogens with one attached hydrogen (secondary N) is 1. The lowest BCUT2D eigenvalue weighted by Crippen LogP contribution is -2.50. The van der Waals surface area contributed by atoms with E-state index in [0.717, 1.165) is 44.2 Å². The number of rotatable bonds is 6. The Kier molecular flexibility index (Phi) is 7.12. The lowest BCUT2D eigenvalue weighted by atomic mass is 9.94. The highest BCUT2D eigenvalue weighted by molar-refractivity contribution is 7.09. The zero-order valence-electron chi connectivity index (χ0n) is 16.1. The van der Waals surface area contributed by atoms with E-state index >= 15 is 0 Å². The lowest BCUT2D eigenvalue weighted by molar-refractivity contribution is -0.189. The number of hydrogen-bond donors (Lipinski definition) is 1. The molecule has 30 heavy (non-hydrogen) atoms. The Bertz CT molecular complexity index is 847. The van der Waals surface area contributed by atoms with Crippen LogP contribution in [0, 0.1) is 5.82 Å². The van der Waals surface area contributed by atoms with Gasteiger partial charge in [0, 0.05) is 10.9 Å². The van der Waals surface area contributed by atoms with Crippen LogP contribution in [0.25, 0.3) is 0 Å². The summed E-state index contributed by atoms with van der Waals surface area (Å²) in [6.45, 7) is -0.379. The van der Waals surface area contributed by atoms with Gasteiger partial charge in [-0.05, 0) is 42.0 Å². The molecule has 0 saturated heterocycles. The van der Waals surface area contributed by atoms with Crippen molar-refractivity contribution in [1.29, 1.82) is 0 Å². The maximum Gasteiger partial charge on any atom is 0.471 e. The highest BCUT2D eigenvalue weighted by Crippen LogP contribution is 2.31. The van der Waals surface area contributed by atoms with Gasteiger partial charge in [-0.15, -0.1) is 11.3 Å². The van der Waals surface area contributed by atoms with Crippen molar-refractivity contribution in [2.75, 3.05) is 0 Å². The molecule has 1 unspecified atom stereocenters. The zero-order valence-corrected chi connectivity index (χ0v) is 16.9. The third-order valence-electron chi connectivity index (χ3n) is 5.11. The average Bonchev–Trinajstić information content (AvgIpc) is 3.21. The zero-order chi connectivity index (χ0) is 21.7. The molecule has 0 aliphatic heterocycles. The van der Waals surface area contributed by atoms with Crippen molar-refractivity contribution >= 4 is 23.2 Å². The van der Waals surface area contributed by atoms with E-state index < -0.39 is 29.8 Å². The van der Waals surface area contributed by atoms with Crippen LogP contribution in [0.4, 0.5) is 17.6 Å². The van der Waals surface area contributed by atoms with Crippen LogP contribution in [0.5, 0.6) is 0 Å². The van der Waals surface area contributed by atoms with Crippen LogP contribution >= 0.6 is 11.3 Å². The summed E-state index contributed by atoms with van der Waals surface area (Å²) in [6, 6.07) is 6.20. The second-order valence-corrected chi connectivity index (χ2v) is 8.34. The van der Waals surface area contributed by atoms with E-state index in [4.69, 9.17) is 0 Å². The van der Waals surface area contributed by atoms with Crippen LogP contribution < -0.4 is 5.32 Å². The quantitative estimate of drug-likeness (QED) is 0.643. The third-order valence-corrected chi connectivity index (χ3v) is 5.97. The van der Waals surface area contributed by atoms with Crippen LogP contribution in [-0.4, -0.2) is 28.9 Å². The molecular formula is C21H22F4N2O2S. The molecule has 1 N–H and O–H groups in total. The van der Waals surface area contributed by atoms with Gasteiger partial charge in [0.05, 0.1) is 6.54 Å². The first-order valence-electron chi connectivity index (χ1n) is 9.71. The Morgan fingerprint density at radius 2 is 1.77 bits per heavy atom. The summed E-state index contributed by atoms with van der Waals surface area (Å²) in [5.74, 6) is -3.39. The summed E-state index contributed by atoms with van der Waals surface area (Å²) < 4.78 is 53.7. The topological polar surface area (TPSA) is 49.4 Å². The number of benzene rings is 1. The molecule has 2 aromatic rings. The molecule has 0 radical (unpaired) electrons. The van der Waals surface area contributed by atoms with Gasteiger partial charge < -0.3 is 10.2 Å². The van der Waals surface area contributed by atoms with Crippen LogP contribution in [0.3, 0.4) is 0 Å². The minimum atomic E-state index is -5.15. The smallest absolute Gasteiger partial charge is 0.351 e. The van der Waals surface area contributed by atoms with Gasteiger partial charge in [-0.3, -0.25) is 9.59 Å². The standard InChI is InChI=1S/C21H22F4N2O2S/c22-15-10-8-14(9-11-15)18(19(28)26-16-5-2-1-3-6-16)27(20(29)21(23,24)25)13-17-7-4-12-30-17/h4,7-12,16,18H,1-3,5-6,13H2,(H,26,28). The fourth-order valence-electron chi connectivity index (χ4n) is 3.66. The monoisotopic (exact) mass is 442 g/mol. The minimum absolute atomic E-state index is 0.124. The summed E-state index contributed by atoms with van der Waals surface area (Å²) in [4.78, 5) is 26.5. The molecular weight excluding hydrogens is 420 g/mol. The SMILES string of the molecule is O=C(NC1CCCCC1)C(c1ccc(F)cc1)N(Cc1cccs1)C(=O)C(F)(F)F. The van der Waals surface area contributed by atoms with Gasteiger partial charge in [-0.2, -0.15) is 13.2 Å². The molecule has 162 valence electrons. The van der Waals surface area contributed by atoms with E-state index in [-0.39, 0.29) is 18.2 Å². The van der Waals surface area contributed by atoms with E-state index in [1.165, 1.54) is 23.5 Å². The van der Waals surface area contributed by atoms with Crippen molar-refractivity contribution in [3.63, 3.8) is 0 Å². The van der Waals surface area contributed by atoms with Gasteiger partial charge >= 0.3 is 12.1 Å². The van der Waals surface area contributed by atoms with Crippen LogP contribution in [0.2, 0.25) is 0 Å². The molecule has 9 heteroatoms. The lowest BCUT2D eigenvalue weighted by Gasteiger charge is -2.33. The van der Waals surface area contributed by atoms with E-state index in [9.17, 15) is 27.2 Å². The Morgan fingerprint density at radius 1 is 1.10 bits per heavy atom. The summed E-state index contributed by atoms with van der Waals surface area (Å²) in [5.41, 5.74) is 0.124. The minimum Gasteiger partial charge on any atom is -0.351 e. The Morgan fingerprint density at radius 3 is 2.33 bits per heavy atom. The predicted octanol–water partition coefficient (Wildman–Crippen LogP) is 4.97. The molecule has 2 amide bonds. The molecule has 1 heterocycles. The number of hydrogen-bond acceptors (Lipinski definition) is 3.